The second kappa shape index (κ2) is 13.2. The molecule has 0 fully saturated rings. The summed E-state index contributed by atoms with van der Waals surface area (Å²) in [4.78, 5) is 2.20. The van der Waals surface area contributed by atoms with Gasteiger partial charge in [-0.3, -0.25) is 0 Å². The predicted molar refractivity (Wildman–Crippen MR) is 166 cm³/mol. The van der Waals surface area contributed by atoms with Crippen molar-refractivity contribution in [2.75, 3.05) is 4.90 Å². The van der Waals surface area contributed by atoms with E-state index < -0.39 is 12.6 Å². The molecule has 0 aromatic heterocycles. The van der Waals surface area contributed by atoms with Crippen molar-refractivity contribution >= 4 is 17.1 Å². The molecule has 0 saturated heterocycles. The lowest BCUT2D eigenvalue weighted by atomic mass is 10.0. The van der Waals surface area contributed by atoms with Gasteiger partial charge in [0, 0.05) is 29.9 Å². The van der Waals surface area contributed by atoms with E-state index in [9.17, 15) is 10.2 Å². The van der Waals surface area contributed by atoms with Crippen LogP contribution in [0.25, 0.3) is 22.3 Å². The number of aliphatic hydroxyl groups is 2. The Balaban J connectivity index is 1.45. The normalized spacial score (nSPS) is 12.4. The van der Waals surface area contributed by atoms with E-state index >= 15 is 0 Å². The maximum atomic E-state index is 9.90. The molecule has 0 spiro atoms. The van der Waals surface area contributed by atoms with Gasteiger partial charge < -0.3 is 24.6 Å². The Morgan fingerprint density at radius 3 is 1.17 bits per heavy atom. The van der Waals surface area contributed by atoms with Crippen LogP contribution in [0.3, 0.4) is 0 Å². The van der Waals surface area contributed by atoms with Crippen LogP contribution in [0.5, 0.6) is 11.5 Å². The van der Waals surface area contributed by atoms with E-state index in [1.165, 1.54) is 5.56 Å². The van der Waals surface area contributed by atoms with Crippen LogP contribution in [0, 0.1) is 0 Å². The Labute approximate surface area is 241 Å². The monoisotopic (exact) mass is 545 g/mol. The Kier molecular flexibility index (Phi) is 8.99. The zero-order valence-electron chi connectivity index (χ0n) is 23.4. The van der Waals surface area contributed by atoms with E-state index in [4.69, 9.17) is 9.47 Å². The largest absolute Gasteiger partial charge is 0.465 e. The molecule has 5 nitrogen and oxygen atoms in total. The number of aliphatic hydroxyl groups excluding tert-OH is 2. The van der Waals surface area contributed by atoms with E-state index in [0.717, 1.165) is 33.8 Å². The zero-order valence-corrected chi connectivity index (χ0v) is 23.4. The Morgan fingerprint density at radius 2 is 0.780 bits per heavy atom. The first-order valence-electron chi connectivity index (χ1n) is 14.0. The van der Waals surface area contributed by atoms with Crippen molar-refractivity contribution in [2.45, 2.75) is 39.3 Å². The van der Waals surface area contributed by atoms with Crippen molar-refractivity contribution in [1.82, 2.24) is 0 Å². The van der Waals surface area contributed by atoms with Crippen LogP contribution in [0.4, 0.5) is 17.1 Å². The van der Waals surface area contributed by atoms with Crippen LogP contribution in [-0.2, 0) is 0 Å². The molecule has 0 heterocycles. The van der Waals surface area contributed by atoms with E-state index in [1.54, 1.807) is 0 Å². The van der Waals surface area contributed by atoms with Crippen LogP contribution in [0.2, 0.25) is 0 Å². The number of hydrogen-bond donors (Lipinski definition) is 2. The molecular formula is C36H35NO4. The van der Waals surface area contributed by atoms with Gasteiger partial charge in [0.05, 0.1) is 0 Å². The Hall–Kier alpha value is -4.58. The van der Waals surface area contributed by atoms with E-state index in [-0.39, 0.29) is 0 Å². The Morgan fingerprint density at radius 1 is 0.463 bits per heavy atom. The molecule has 0 saturated carbocycles. The van der Waals surface area contributed by atoms with Gasteiger partial charge in [0.25, 0.3) is 0 Å². The van der Waals surface area contributed by atoms with E-state index in [0.29, 0.717) is 24.3 Å². The van der Waals surface area contributed by atoms with Gasteiger partial charge in [-0.15, -0.1) is 0 Å². The maximum Gasteiger partial charge on any atom is 0.197 e. The van der Waals surface area contributed by atoms with Gasteiger partial charge in [-0.2, -0.15) is 0 Å². The molecule has 5 rings (SSSR count). The quantitative estimate of drug-likeness (QED) is 0.163. The fraction of sp³-hybridized carbons (Fsp3) is 0.167. The molecular weight excluding hydrogens is 510 g/mol. The molecule has 5 aromatic rings. The summed E-state index contributed by atoms with van der Waals surface area (Å²) in [5.74, 6) is 1.26. The first kappa shape index (κ1) is 28.0. The van der Waals surface area contributed by atoms with E-state index in [2.05, 4.69) is 65.6 Å². The summed E-state index contributed by atoms with van der Waals surface area (Å²) in [5.41, 5.74) is 7.47. The maximum absolute atomic E-state index is 9.90. The summed E-state index contributed by atoms with van der Waals surface area (Å²) in [6, 6.07) is 42.8. The molecule has 2 N–H and O–H groups in total. The van der Waals surface area contributed by atoms with Gasteiger partial charge in [-0.1, -0.05) is 80.6 Å². The molecule has 0 radical (unpaired) electrons. The first-order chi connectivity index (χ1) is 20.0. The highest BCUT2D eigenvalue weighted by Crippen LogP contribution is 2.37. The van der Waals surface area contributed by atoms with E-state index in [1.807, 2.05) is 80.6 Å². The van der Waals surface area contributed by atoms with Gasteiger partial charge in [0.1, 0.15) is 11.5 Å². The fourth-order valence-corrected chi connectivity index (χ4v) is 4.56. The topological polar surface area (TPSA) is 62.2 Å². The van der Waals surface area contributed by atoms with Crippen LogP contribution < -0.4 is 14.4 Å². The molecule has 0 aliphatic carbocycles. The highest BCUT2D eigenvalue weighted by atomic mass is 16.6. The molecule has 41 heavy (non-hydrogen) atoms. The van der Waals surface area contributed by atoms with Crippen LogP contribution in [0.1, 0.15) is 26.7 Å². The smallest absolute Gasteiger partial charge is 0.197 e. The second-order valence-corrected chi connectivity index (χ2v) is 9.77. The number of nitrogens with zero attached hydrogens (tertiary/aromatic N) is 1. The lowest BCUT2D eigenvalue weighted by molar-refractivity contribution is -0.0195. The van der Waals surface area contributed by atoms with Crippen molar-refractivity contribution in [3.63, 3.8) is 0 Å². The van der Waals surface area contributed by atoms with Crippen molar-refractivity contribution in [1.29, 1.82) is 0 Å². The molecule has 0 amide bonds. The molecule has 0 bridgehead atoms. The minimum absolute atomic E-state index is 0.518. The standard InChI is InChI=1S/C36H35NO4/c1-3-35(38)40-33-22-14-29(15-23-33)28-12-18-31(19-13-28)37(32-20-24-34(25-21-32)41-36(39)4-2)30-16-10-27(11-17-30)26-8-6-5-7-9-26/h5-25,35-36,38-39H,3-4H2,1-2H3. The molecule has 208 valence electrons. The molecule has 5 heteroatoms. The summed E-state index contributed by atoms with van der Waals surface area (Å²) in [6.07, 6.45) is -0.576. The van der Waals surface area contributed by atoms with Gasteiger partial charge in [0.15, 0.2) is 12.6 Å². The van der Waals surface area contributed by atoms with Gasteiger partial charge in [0.2, 0.25) is 0 Å². The van der Waals surface area contributed by atoms with Crippen molar-refractivity contribution < 1.29 is 19.7 Å². The lowest BCUT2D eigenvalue weighted by Crippen LogP contribution is -2.14. The SMILES string of the molecule is CCC(O)Oc1ccc(-c2ccc(N(c3ccc(OC(O)CC)cc3)c3ccc(-c4ccccc4)cc3)cc2)cc1. The lowest BCUT2D eigenvalue weighted by Gasteiger charge is -2.26. The highest BCUT2D eigenvalue weighted by molar-refractivity contribution is 5.80. The summed E-state index contributed by atoms with van der Waals surface area (Å²) >= 11 is 0. The minimum atomic E-state index is -0.827. The average Bonchev–Trinajstić information content (AvgIpc) is 3.03. The summed E-state index contributed by atoms with van der Waals surface area (Å²) < 4.78 is 11.1. The molecule has 2 unspecified atom stereocenters. The third-order valence-electron chi connectivity index (χ3n) is 6.88. The predicted octanol–water partition coefficient (Wildman–Crippen LogP) is 8.70. The van der Waals surface area contributed by atoms with Crippen molar-refractivity contribution in [2.24, 2.45) is 0 Å². The third kappa shape index (κ3) is 6.95. The molecule has 5 aromatic carbocycles. The van der Waals surface area contributed by atoms with Crippen LogP contribution in [-0.4, -0.2) is 22.8 Å². The molecule has 0 aliphatic rings. The number of anilines is 3. The summed E-state index contributed by atoms with van der Waals surface area (Å²) in [6.45, 7) is 3.75. The molecule has 2 atom stereocenters. The van der Waals surface area contributed by atoms with Crippen molar-refractivity contribution in [3.8, 4) is 33.8 Å². The number of ether oxygens (including phenoxy) is 2. The summed E-state index contributed by atoms with van der Waals surface area (Å²) in [7, 11) is 0. The number of rotatable bonds is 11. The van der Waals surface area contributed by atoms with Crippen LogP contribution >= 0.6 is 0 Å². The third-order valence-corrected chi connectivity index (χ3v) is 6.88. The van der Waals surface area contributed by atoms with Gasteiger partial charge in [-0.05, 0) is 82.9 Å². The van der Waals surface area contributed by atoms with Gasteiger partial charge >= 0.3 is 0 Å². The zero-order chi connectivity index (χ0) is 28.6. The van der Waals surface area contributed by atoms with Crippen molar-refractivity contribution in [3.05, 3.63) is 127 Å². The fourth-order valence-electron chi connectivity index (χ4n) is 4.56. The van der Waals surface area contributed by atoms with Gasteiger partial charge in [-0.25, -0.2) is 0 Å². The van der Waals surface area contributed by atoms with Crippen LogP contribution in [0.15, 0.2) is 127 Å². The molecule has 0 aliphatic heterocycles. The summed E-state index contributed by atoms with van der Waals surface area (Å²) in [5, 5.41) is 19.7. The highest BCUT2D eigenvalue weighted by Gasteiger charge is 2.14. The average molecular weight is 546 g/mol. The number of benzene rings is 5. The second-order valence-electron chi connectivity index (χ2n) is 9.77. The Bertz CT molecular complexity index is 1500. The first-order valence-corrected chi connectivity index (χ1v) is 14.0. The minimum Gasteiger partial charge on any atom is -0.465 e. The number of hydrogen-bond acceptors (Lipinski definition) is 5.